The van der Waals surface area contributed by atoms with E-state index in [1.807, 2.05) is 24.4 Å². The molecular weight excluding hydrogens is 298 g/mol. The Morgan fingerprint density at radius 2 is 2.15 bits per heavy atom. The van der Waals surface area contributed by atoms with Gasteiger partial charge in [-0.1, -0.05) is 24.6 Å². The van der Waals surface area contributed by atoms with Crippen LogP contribution >= 0.6 is 11.6 Å². The maximum Gasteiger partial charge on any atom is 0.212 e. The molecule has 5 nitrogen and oxygen atoms in total. The van der Waals surface area contributed by atoms with Crippen molar-refractivity contribution in [3.05, 3.63) is 35.0 Å². The van der Waals surface area contributed by atoms with Crippen LogP contribution < -0.4 is 10.0 Å². The minimum atomic E-state index is -3.16. The van der Waals surface area contributed by atoms with Crippen LogP contribution in [0.4, 0.5) is 0 Å². The minimum Gasteiger partial charge on any atom is -0.361 e. The zero-order valence-corrected chi connectivity index (χ0v) is 12.8. The van der Waals surface area contributed by atoms with Gasteiger partial charge in [-0.3, -0.25) is 0 Å². The van der Waals surface area contributed by atoms with Crippen LogP contribution in [0.15, 0.2) is 24.4 Å². The molecule has 0 amide bonds. The van der Waals surface area contributed by atoms with Crippen LogP contribution in [-0.2, 0) is 16.6 Å². The highest BCUT2D eigenvalue weighted by Gasteiger charge is 2.08. The number of aromatic nitrogens is 1. The lowest BCUT2D eigenvalue weighted by atomic mass is 10.2. The molecule has 0 atom stereocenters. The second kappa shape index (κ2) is 6.58. The number of hydrogen-bond acceptors (Lipinski definition) is 3. The Bertz CT molecular complexity index is 682. The maximum atomic E-state index is 11.5. The Morgan fingerprint density at radius 3 is 2.90 bits per heavy atom. The lowest BCUT2D eigenvalue weighted by molar-refractivity contribution is 0.579. The first-order valence-electron chi connectivity index (χ1n) is 6.45. The number of halogens is 1. The normalized spacial score (nSPS) is 12.1. The molecule has 0 bridgehead atoms. The summed E-state index contributed by atoms with van der Waals surface area (Å²) >= 11 is 5.93. The average molecular weight is 316 g/mol. The van der Waals surface area contributed by atoms with E-state index < -0.39 is 10.0 Å². The van der Waals surface area contributed by atoms with Crippen molar-refractivity contribution in [1.29, 1.82) is 0 Å². The Hall–Kier alpha value is -1.08. The highest BCUT2D eigenvalue weighted by molar-refractivity contribution is 7.89. The molecule has 0 aliphatic heterocycles. The van der Waals surface area contributed by atoms with Crippen LogP contribution in [0.25, 0.3) is 10.9 Å². The van der Waals surface area contributed by atoms with Crippen molar-refractivity contribution in [2.45, 2.75) is 13.5 Å². The van der Waals surface area contributed by atoms with E-state index in [0.717, 1.165) is 16.5 Å². The molecule has 110 valence electrons. The number of fused-ring (bicyclic) bond motifs is 1. The summed E-state index contributed by atoms with van der Waals surface area (Å²) in [6.45, 7) is 3.21. The standard InChI is InChI=1S/C13H18ClN3O2S/c1-2-17-20(18,19)6-5-15-8-10-9-16-13-7-11(14)3-4-12(10)13/h3-4,7,9,15-17H,2,5-6,8H2,1H3. The number of nitrogens with one attached hydrogen (secondary N) is 3. The van der Waals surface area contributed by atoms with Gasteiger partial charge < -0.3 is 10.3 Å². The predicted octanol–water partition coefficient (Wildman–Crippen LogP) is 1.85. The van der Waals surface area contributed by atoms with E-state index in [-0.39, 0.29) is 5.75 Å². The van der Waals surface area contributed by atoms with Gasteiger partial charge in [0.2, 0.25) is 10.0 Å². The summed E-state index contributed by atoms with van der Waals surface area (Å²) in [4.78, 5) is 3.15. The van der Waals surface area contributed by atoms with Crippen molar-refractivity contribution in [3.8, 4) is 0 Å². The lowest BCUT2D eigenvalue weighted by Crippen LogP contribution is -2.31. The molecule has 2 aromatic rings. The highest BCUT2D eigenvalue weighted by atomic mass is 35.5. The van der Waals surface area contributed by atoms with E-state index in [0.29, 0.717) is 24.7 Å². The molecular formula is C13H18ClN3O2S. The van der Waals surface area contributed by atoms with E-state index >= 15 is 0 Å². The molecule has 0 saturated heterocycles. The molecule has 0 radical (unpaired) electrons. The fraction of sp³-hybridized carbons (Fsp3) is 0.385. The third kappa shape index (κ3) is 3.96. The molecule has 0 aliphatic rings. The van der Waals surface area contributed by atoms with Crippen LogP contribution in [0, 0.1) is 0 Å². The first-order chi connectivity index (χ1) is 9.52. The zero-order valence-electron chi connectivity index (χ0n) is 11.2. The van der Waals surface area contributed by atoms with E-state index in [4.69, 9.17) is 11.6 Å². The summed E-state index contributed by atoms with van der Waals surface area (Å²) in [6.07, 6.45) is 1.91. The topological polar surface area (TPSA) is 74.0 Å². The van der Waals surface area contributed by atoms with Crippen molar-refractivity contribution in [2.24, 2.45) is 0 Å². The maximum absolute atomic E-state index is 11.5. The van der Waals surface area contributed by atoms with Crippen molar-refractivity contribution >= 4 is 32.5 Å². The van der Waals surface area contributed by atoms with Crippen LogP contribution in [0.1, 0.15) is 12.5 Å². The van der Waals surface area contributed by atoms with Crippen molar-refractivity contribution < 1.29 is 8.42 Å². The Morgan fingerprint density at radius 1 is 1.35 bits per heavy atom. The van der Waals surface area contributed by atoms with Crippen LogP contribution in [-0.4, -0.2) is 32.2 Å². The summed E-state index contributed by atoms with van der Waals surface area (Å²) in [7, 11) is -3.16. The predicted molar refractivity (Wildman–Crippen MR) is 82.5 cm³/mol. The number of sulfonamides is 1. The van der Waals surface area contributed by atoms with Gasteiger partial charge in [0, 0.05) is 41.8 Å². The fourth-order valence-corrected chi connectivity index (χ4v) is 3.20. The van der Waals surface area contributed by atoms with E-state index in [1.54, 1.807) is 6.92 Å². The quantitative estimate of drug-likeness (QED) is 0.683. The molecule has 0 aliphatic carbocycles. The largest absolute Gasteiger partial charge is 0.361 e. The van der Waals surface area contributed by atoms with Gasteiger partial charge in [0.05, 0.1) is 5.75 Å². The smallest absolute Gasteiger partial charge is 0.212 e. The molecule has 7 heteroatoms. The summed E-state index contributed by atoms with van der Waals surface area (Å²) in [5.41, 5.74) is 2.08. The molecule has 1 aromatic carbocycles. The van der Waals surface area contributed by atoms with Crippen LogP contribution in [0.5, 0.6) is 0 Å². The highest BCUT2D eigenvalue weighted by Crippen LogP contribution is 2.21. The fourth-order valence-electron chi connectivity index (χ4n) is 2.03. The molecule has 1 aromatic heterocycles. The SMILES string of the molecule is CCNS(=O)(=O)CCNCc1c[nH]c2cc(Cl)ccc12. The summed E-state index contributed by atoms with van der Waals surface area (Å²) in [5, 5.41) is 4.92. The van der Waals surface area contributed by atoms with Crippen LogP contribution in [0.3, 0.4) is 0 Å². The van der Waals surface area contributed by atoms with Gasteiger partial charge in [0.1, 0.15) is 0 Å². The number of benzene rings is 1. The second-order valence-corrected chi connectivity index (χ2v) is 6.86. The molecule has 1 heterocycles. The van der Waals surface area contributed by atoms with Gasteiger partial charge in [-0.15, -0.1) is 0 Å². The van der Waals surface area contributed by atoms with Crippen molar-refractivity contribution in [2.75, 3.05) is 18.8 Å². The van der Waals surface area contributed by atoms with E-state index in [2.05, 4.69) is 15.0 Å². The van der Waals surface area contributed by atoms with E-state index in [1.165, 1.54) is 0 Å². The summed E-state index contributed by atoms with van der Waals surface area (Å²) in [5.74, 6) is 0.0784. The van der Waals surface area contributed by atoms with Crippen molar-refractivity contribution in [1.82, 2.24) is 15.0 Å². The first-order valence-corrected chi connectivity index (χ1v) is 8.48. The zero-order chi connectivity index (χ0) is 14.6. The summed E-state index contributed by atoms with van der Waals surface area (Å²) < 4.78 is 25.4. The molecule has 2 rings (SSSR count). The summed E-state index contributed by atoms with van der Waals surface area (Å²) in [6, 6.07) is 5.67. The number of H-pyrrole nitrogens is 1. The molecule has 20 heavy (non-hydrogen) atoms. The third-order valence-electron chi connectivity index (χ3n) is 2.96. The van der Waals surface area contributed by atoms with Crippen LogP contribution in [0.2, 0.25) is 5.02 Å². The van der Waals surface area contributed by atoms with Gasteiger partial charge >= 0.3 is 0 Å². The average Bonchev–Trinajstić information content (AvgIpc) is 2.77. The van der Waals surface area contributed by atoms with Gasteiger partial charge in [-0.2, -0.15) is 0 Å². The number of hydrogen-bond donors (Lipinski definition) is 3. The third-order valence-corrected chi connectivity index (χ3v) is 4.66. The van der Waals surface area contributed by atoms with Gasteiger partial charge in [-0.05, 0) is 17.7 Å². The van der Waals surface area contributed by atoms with Gasteiger partial charge in [0.25, 0.3) is 0 Å². The number of aromatic amines is 1. The monoisotopic (exact) mass is 315 g/mol. The Balaban J connectivity index is 1.90. The molecule has 0 unspecified atom stereocenters. The Labute approximate surface area is 123 Å². The van der Waals surface area contributed by atoms with Crippen molar-refractivity contribution in [3.63, 3.8) is 0 Å². The molecule has 0 saturated carbocycles. The lowest BCUT2D eigenvalue weighted by Gasteiger charge is -2.06. The van der Waals surface area contributed by atoms with Gasteiger partial charge in [-0.25, -0.2) is 13.1 Å². The Kier molecular flexibility index (Phi) is 5.04. The van der Waals surface area contributed by atoms with Gasteiger partial charge in [0.15, 0.2) is 0 Å². The second-order valence-electron chi connectivity index (χ2n) is 4.50. The van der Waals surface area contributed by atoms with E-state index in [9.17, 15) is 8.42 Å². The molecule has 0 spiro atoms. The number of rotatable bonds is 7. The molecule has 3 N–H and O–H groups in total. The first kappa shape index (κ1) is 15.3. The molecule has 0 fully saturated rings. The minimum absolute atomic E-state index is 0.0784.